The van der Waals surface area contributed by atoms with Crippen LogP contribution in [0.1, 0.15) is 21.1 Å². The molecule has 0 aliphatic carbocycles. The number of amides is 1. The predicted molar refractivity (Wildman–Crippen MR) is 73.2 cm³/mol. The Hall–Kier alpha value is -1.85. The first-order valence-electron chi connectivity index (χ1n) is 5.48. The first-order valence-corrected chi connectivity index (χ1v) is 7.29. The van der Waals surface area contributed by atoms with Crippen molar-refractivity contribution in [2.45, 2.75) is 11.3 Å². The molecule has 0 bridgehead atoms. The van der Waals surface area contributed by atoms with Gasteiger partial charge in [-0.15, -0.1) is 10.2 Å². The molecule has 2 aromatic heterocycles. The first kappa shape index (κ1) is 13.6. The second-order valence-corrected chi connectivity index (χ2v) is 6.13. The molecule has 0 atom stereocenters. The third kappa shape index (κ3) is 3.81. The van der Waals surface area contributed by atoms with Crippen LogP contribution in [0.25, 0.3) is 0 Å². The Morgan fingerprint density at radius 1 is 1.63 bits per heavy atom. The summed E-state index contributed by atoms with van der Waals surface area (Å²) in [5, 5.41) is 20.3. The van der Waals surface area contributed by atoms with Crippen molar-refractivity contribution in [2.75, 3.05) is 12.3 Å². The molecular weight excluding hydrogens is 282 g/mol. The van der Waals surface area contributed by atoms with E-state index in [-0.39, 0.29) is 5.91 Å². The van der Waals surface area contributed by atoms with Gasteiger partial charge in [0.1, 0.15) is 16.8 Å². The third-order valence-corrected chi connectivity index (χ3v) is 4.15. The number of aryl methyl sites for hydroxylation is 1. The number of aromatic amines is 1. The number of carbonyl (C=O) groups is 1. The van der Waals surface area contributed by atoms with Gasteiger partial charge in [-0.2, -0.15) is 5.26 Å². The molecule has 98 valence electrons. The molecule has 0 aliphatic rings. The second kappa shape index (κ2) is 6.36. The van der Waals surface area contributed by atoms with Gasteiger partial charge in [0.05, 0.1) is 5.56 Å². The number of nitriles is 1. The van der Waals surface area contributed by atoms with Crippen LogP contribution in [-0.4, -0.2) is 33.4 Å². The molecule has 0 saturated heterocycles. The molecule has 0 aliphatic heterocycles. The van der Waals surface area contributed by atoms with Crippen LogP contribution in [0.4, 0.5) is 0 Å². The van der Waals surface area contributed by atoms with Gasteiger partial charge < -0.3 is 10.3 Å². The van der Waals surface area contributed by atoms with Crippen molar-refractivity contribution in [3.05, 3.63) is 28.5 Å². The van der Waals surface area contributed by atoms with Crippen LogP contribution in [0.15, 0.2) is 16.6 Å². The second-order valence-electron chi connectivity index (χ2n) is 3.61. The van der Waals surface area contributed by atoms with Gasteiger partial charge in [-0.1, -0.05) is 23.1 Å². The fraction of sp³-hybridized carbons (Fsp3) is 0.273. The lowest BCUT2D eigenvalue weighted by Gasteiger charge is -2.01. The summed E-state index contributed by atoms with van der Waals surface area (Å²) >= 11 is 3.09. The third-order valence-electron chi connectivity index (χ3n) is 2.18. The minimum Gasteiger partial charge on any atom is -0.356 e. The highest BCUT2D eigenvalue weighted by molar-refractivity contribution is 8.01. The number of carbonyl (C=O) groups excluding carboxylic acids is 1. The molecule has 2 aromatic rings. The van der Waals surface area contributed by atoms with E-state index in [1.807, 2.05) is 13.0 Å². The van der Waals surface area contributed by atoms with E-state index in [4.69, 9.17) is 5.26 Å². The molecule has 19 heavy (non-hydrogen) atoms. The fourth-order valence-electron chi connectivity index (χ4n) is 1.32. The number of rotatable bonds is 5. The highest BCUT2D eigenvalue weighted by Crippen LogP contribution is 2.20. The summed E-state index contributed by atoms with van der Waals surface area (Å²) in [5.41, 5.74) is 0.845. The Kier molecular flexibility index (Phi) is 4.54. The van der Waals surface area contributed by atoms with E-state index in [1.165, 1.54) is 23.6 Å². The maximum Gasteiger partial charge on any atom is 0.267 e. The molecule has 2 N–H and O–H groups in total. The predicted octanol–water partition coefficient (Wildman–Crippen LogP) is 1.57. The van der Waals surface area contributed by atoms with E-state index < -0.39 is 0 Å². The van der Waals surface area contributed by atoms with Gasteiger partial charge >= 0.3 is 0 Å². The van der Waals surface area contributed by atoms with Crippen LogP contribution in [0.2, 0.25) is 0 Å². The normalized spacial score (nSPS) is 10.1. The Labute approximate surface area is 118 Å². The van der Waals surface area contributed by atoms with Gasteiger partial charge in [-0.25, -0.2) is 0 Å². The zero-order valence-corrected chi connectivity index (χ0v) is 11.8. The van der Waals surface area contributed by atoms with Gasteiger partial charge in [0.25, 0.3) is 5.91 Å². The molecule has 0 aromatic carbocycles. The van der Waals surface area contributed by atoms with E-state index in [2.05, 4.69) is 20.5 Å². The van der Waals surface area contributed by atoms with Crippen LogP contribution in [0, 0.1) is 18.3 Å². The summed E-state index contributed by atoms with van der Waals surface area (Å²) < 4.78 is 0.901. The minimum atomic E-state index is -0.212. The molecule has 2 heterocycles. The van der Waals surface area contributed by atoms with Crippen LogP contribution in [0.3, 0.4) is 0 Å². The van der Waals surface area contributed by atoms with Crippen LogP contribution in [0.5, 0.6) is 0 Å². The summed E-state index contributed by atoms with van der Waals surface area (Å²) in [5.74, 6) is 0.516. The molecule has 0 unspecified atom stereocenters. The number of nitrogens with one attached hydrogen (secondary N) is 2. The quantitative estimate of drug-likeness (QED) is 0.644. The van der Waals surface area contributed by atoms with Crippen LogP contribution >= 0.6 is 23.1 Å². The Bertz CT molecular complexity index is 613. The lowest BCUT2D eigenvalue weighted by atomic mass is 10.3. The Morgan fingerprint density at radius 3 is 3.11 bits per heavy atom. The van der Waals surface area contributed by atoms with Crippen molar-refractivity contribution in [3.8, 4) is 6.07 Å². The van der Waals surface area contributed by atoms with Crippen molar-refractivity contribution in [2.24, 2.45) is 0 Å². The summed E-state index contributed by atoms with van der Waals surface area (Å²) in [6.45, 7) is 2.44. The van der Waals surface area contributed by atoms with Gasteiger partial charge in [0.15, 0.2) is 4.34 Å². The maximum absolute atomic E-state index is 11.7. The lowest BCUT2D eigenvalue weighted by molar-refractivity contribution is 0.0952. The molecule has 1 amide bonds. The Balaban J connectivity index is 1.73. The molecule has 0 saturated carbocycles. The van der Waals surface area contributed by atoms with Gasteiger partial charge in [0, 0.05) is 18.5 Å². The minimum absolute atomic E-state index is 0.212. The number of aromatic nitrogens is 3. The van der Waals surface area contributed by atoms with Crippen LogP contribution in [-0.2, 0) is 0 Å². The zero-order valence-electron chi connectivity index (χ0n) is 10.1. The highest BCUT2D eigenvalue weighted by Gasteiger charge is 2.08. The van der Waals surface area contributed by atoms with E-state index in [9.17, 15) is 4.79 Å². The fourth-order valence-corrected chi connectivity index (χ4v) is 3.07. The number of H-pyrrole nitrogens is 1. The summed E-state index contributed by atoms with van der Waals surface area (Å²) in [7, 11) is 0. The topological polar surface area (TPSA) is 94.5 Å². The SMILES string of the molecule is Cc1nnc(SCCNC(=O)c2cc(C#N)c[nH]2)s1. The van der Waals surface area contributed by atoms with Crippen molar-refractivity contribution in [1.82, 2.24) is 20.5 Å². The average Bonchev–Trinajstić information content (AvgIpc) is 3.03. The molecule has 0 fully saturated rings. The summed E-state index contributed by atoms with van der Waals surface area (Å²) in [4.78, 5) is 14.5. The Morgan fingerprint density at radius 2 is 2.47 bits per heavy atom. The molecule has 6 nitrogen and oxygen atoms in total. The highest BCUT2D eigenvalue weighted by atomic mass is 32.2. The van der Waals surface area contributed by atoms with Gasteiger partial charge in [-0.05, 0) is 13.0 Å². The van der Waals surface area contributed by atoms with Crippen molar-refractivity contribution in [3.63, 3.8) is 0 Å². The van der Waals surface area contributed by atoms with Gasteiger partial charge in [-0.3, -0.25) is 4.79 Å². The van der Waals surface area contributed by atoms with E-state index in [1.54, 1.807) is 11.8 Å². The number of hydrogen-bond donors (Lipinski definition) is 2. The molecule has 0 radical (unpaired) electrons. The van der Waals surface area contributed by atoms with E-state index >= 15 is 0 Å². The van der Waals surface area contributed by atoms with Crippen molar-refractivity contribution < 1.29 is 4.79 Å². The number of hydrogen-bond acceptors (Lipinski definition) is 6. The maximum atomic E-state index is 11.7. The summed E-state index contributed by atoms with van der Waals surface area (Å²) in [6, 6.07) is 3.49. The van der Waals surface area contributed by atoms with Crippen LogP contribution < -0.4 is 5.32 Å². The number of thioether (sulfide) groups is 1. The van der Waals surface area contributed by atoms with Crippen molar-refractivity contribution >= 4 is 29.0 Å². The smallest absolute Gasteiger partial charge is 0.267 e. The molecule has 2 rings (SSSR count). The molecule has 0 spiro atoms. The standard InChI is InChI=1S/C11H11N5OS2/c1-7-15-16-11(19-7)18-3-2-13-10(17)9-4-8(5-12)6-14-9/h4,6,14H,2-3H2,1H3,(H,13,17). The lowest BCUT2D eigenvalue weighted by Crippen LogP contribution is -2.25. The first-order chi connectivity index (χ1) is 9.19. The summed E-state index contributed by atoms with van der Waals surface area (Å²) in [6.07, 6.45) is 1.51. The van der Waals surface area contributed by atoms with E-state index in [0.717, 1.165) is 15.1 Å². The zero-order chi connectivity index (χ0) is 13.7. The monoisotopic (exact) mass is 293 g/mol. The van der Waals surface area contributed by atoms with E-state index in [0.29, 0.717) is 17.8 Å². The molecule has 8 heteroatoms. The average molecular weight is 293 g/mol. The van der Waals surface area contributed by atoms with Crippen molar-refractivity contribution in [1.29, 1.82) is 5.26 Å². The number of nitrogens with zero attached hydrogens (tertiary/aromatic N) is 3. The van der Waals surface area contributed by atoms with Gasteiger partial charge in [0.2, 0.25) is 0 Å². The molecular formula is C11H11N5OS2. The largest absolute Gasteiger partial charge is 0.356 e.